The van der Waals surface area contributed by atoms with Crippen LogP contribution in [0, 0.1) is 0 Å². The van der Waals surface area contributed by atoms with Crippen LogP contribution in [0.2, 0.25) is 0 Å². The Morgan fingerprint density at radius 1 is 1.38 bits per heavy atom. The van der Waals surface area contributed by atoms with Crippen LogP contribution < -0.4 is 0 Å². The minimum atomic E-state index is -0.0340. The molecule has 1 heterocycles. The largest absolute Gasteiger partial charge is 0.498 e. The Morgan fingerprint density at radius 2 is 2.00 bits per heavy atom. The molecule has 0 saturated heterocycles. The maximum Gasteiger partial charge on any atom is 0.195 e. The van der Waals surface area contributed by atoms with Gasteiger partial charge in [0.2, 0.25) is 0 Å². The Kier molecular flexibility index (Phi) is 1.88. The summed E-state index contributed by atoms with van der Waals surface area (Å²) in [6, 6.07) is 0. The molecule has 0 aliphatic heterocycles. The van der Waals surface area contributed by atoms with Gasteiger partial charge in [0.1, 0.15) is 0 Å². The minimum absolute atomic E-state index is 0.0340. The zero-order chi connectivity index (χ0) is 9.64. The van der Waals surface area contributed by atoms with Crippen molar-refractivity contribution in [1.29, 1.82) is 0 Å². The van der Waals surface area contributed by atoms with Crippen molar-refractivity contribution in [2.45, 2.75) is 44.9 Å². The number of nitrogens with zero attached hydrogens (tertiary/aromatic N) is 1. The number of aromatic nitrogens is 1. The molecule has 72 valence electrons. The van der Waals surface area contributed by atoms with Gasteiger partial charge < -0.3 is 5.11 Å². The van der Waals surface area contributed by atoms with Crippen molar-refractivity contribution in [2.75, 3.05) is 0 Å². The summed E-state index contributed by atoms with van der Waals surface area (Å²) < 4.78 is 0. The van der Waals surface area contributed by atoms with E-state index >= 15 is 0 Å². The molecule has 1 aliphatic carbocycles. The fourth-order valence-electron chi connectivity index (χ4n) is 1.32. The molecular formula is C10H15NOS. The highest BCUT2D eigenvalue weighted by atomic mass is 32.1. The van der Waals surface area contributed by atoms with Crippen molar-refractivity contribution in [3.05, 3.63) is 10.7 Å². The summed E-state index contributed by atoms with van der Waals surface area (Å²) in [5, 5.41) is 11.2. The van der Waals surface area contributed by atoms with Gasteiger partial charge in [-0.15, -0.1) is 0 Å². The first-order chi connectivity index (χ1) is 5.98. The SMILES string of the molecule is CC(C)(C)c1nc(C2CC2)sc1O. The fourth-order valence-corrected chi connectivity index (χ4v) is 2.51. The maximum atomic E-state index is 9.70. The average Bonchev–Trinajstić information content (AvgIpc) is 2.73. The van der Waals surface area contributed by atoms with Crippen molar-refractivity contribution in [1.82, 2.24) is 4.98 Å². The van der Waals surface area contributed by atoms with Crippen molar-refractivity contribution >= 4 is 11.3 Å². The van der Waals surface area contributed by atoms with Crippen LogP contribution in [0.3, 0.4) is 0 Å². The van der Waals surface area contributed by atoms with E-state index in [0.717, 1.165) is 10.7 Å². The predicted octanol–water partition coefficient (Wildman–Crippen LogP) is 3.02. The molecule has 1 aromatic heterocycles. The molecule has 0 unspecified atom stereocenters. The van der Waals surface area contributed by atoms with Crippen LogP contribution in [0.5, 0.6) is 5.06 Å². The number of aromatic hydroxyl groups is 1. The molecule has 1 N–H and O–H groups in total. The lowest BCUT2D eigenvalue weighted by molar-refractivity contribution is 0.454. The first kappa shape index (κ1) is 9.00. The average molecular weight is 197 g/mol. The molecule has 0 aromatic carbocycles. The molecule has 0 atom stereocenters. The lowest BCUT2D eigenvalue weighted by atomic mass is 9.93. The van der Waals surface area contributed by atoms with E-state index in [1.54, 1.807) is 0 Å². The van der Waals surface area contributed by atoms with Crippen molar-refractivity contribution in [2.24, 2.45) is 0 Å². The van der Waals surface area contributed by atoms with Gasteiger partial charge in [0.15, 0.2) is 5.06 Å². The molecule has 3 heteroatoms. The van der Waals surface area contributed by atoms with Gasteiger partial charge >= 0.3 is 0 Å². The maximum absolute atomic E-state index is 9.70. The smallest absolute Gasteiger partial charge is 0.195 e. The molecule has 0 bridgehead atoms. The zero-order valence-corrected chi connectivity index (χ0v) is 9.11. The van der Waals surface area contributed by atoms with Gasteiger partial charge in [-0.1, -0.05) is 32.1 Å². The molecule has 1 saturated carbocycles. The van der Waals surface area contributed by atoms with Gasteiger partial charge in [-0.25, -0.2) is 4.98 Å². The van der Waals surface area contributed by atoms with Crippen molar-refractivity contribution < 1.29 is 5.11 Å². The van der Waals surface area contributed by atoms with Crippen LogP contribution in [0.15, 0.2) is 0 Å². The Bertz CT molecular complexity index is 320. The number of thiazole rings is 1. The summed E-state index contributed by atoms with van der Waals surface area (Å²) in [5.74, 6) is 0.645. The van der Waals surface area contributed by atoms with Crippen LogP contribution >= 0.6 is 11.3 Å². The van der Waals surface area contributed by atoms with Gasteiger partial charge in [0.25, 0.3) is 0 Å². The quantitative estimate of drug-likeness (QED) is 0.750. The molecule has 1 aromatic rings. The van der Waals surface area contributed by atoms with E-state index in [1.165, 1.54) is 24.2 Å². The van der Waals surface area contributed by atoms with E-state index in [-0.39, 0.29) is 5.41 Å². The predicted molar refractivity (Wildman–Crippen MR) is 54.5 cm³/mol. The second-order valence-corrected chi connectivity index (χ2v) is 5.74. The Balaban J connectivity index is 2.35. The normalized spacial score (nSPS) is 17.8. The van der Waals surface area contributed by atoms with Crippen molar-refractivity contribution in [3.8, 4) is 5.06 Å². The van der Waals surface area contributed by atoms with Crippen LogP contribution in [0.4, 0.5) is 0 Å². The zero-order valence-electron chi connectivity index (χ0n) is 8.29. The highest BCUT2D eigenvalue weighted by Crippen LogP contribution is 2.46. The number of rotatable bonds is 1. The van der Waals surface area contributed by atoms with Crippen LogP contribution in [0.1, 0.15) is 50.2 Å². The fraction of sp³-hybridized carbons (Fsp3) is 0.700. The number of hydrogen-bond acceptors (Lipinski definition) is 3. The van der Waals surface area contributed by atoms with Crippen LogP contribution in [0.25, 0.3) is 0 Å². The highest BCUT2D eigenvalue weighted by Gasteiger charge is 2.31. The van der Waals surface area contributed by atoms with Crippen LogP contribution in [-0.2, 0) is 5.41 Å². The monoisotopic (exact) mass is 197 g/mol. The van der Waals surface area contributed by atoms with E-state index in [2.05, 4.69) is 25.8 Å². The van der Waals surface area contributed by atoms with E-state index in [4.69, 9.17) is 0 Å². The molecule has 0 radical (unpaired) electrons. The summed E-state index contributed by atoms with van der Waals surface area (Å²) in [4.78, 5) is 4.51. The van der Waals surface area contributed by atoms with Crippen LogP contribution in [-0.4, -0.2) is 10.1 Å². The third-order valence-corrected chi connectivity index (χ3v) is 3.28. The van der Waals surface area contributed by atoms with E-state index < -0.39 is 0 Å². The van der Waals surface area contributed by atoms with Gasteiger partial charge in [0.05, 0.1) is 10.7 Å². The second-order valence-electron chi connectivity index (χ2n) is 4.73. The van der Waals surface area contributed by atoms with Gasteiger partial charge in [-0.05, 0) is 12.8 Å². The Morgan fingerprint density at radius 3 is 2.38 bits per heavy atom. The highest BCUT2D eigenvalue weighted by molar-refractivity contribution is 7.13. The van der Waals surface area contributed by atoms with Gasteiger partial charge in [-0.3, -0.25) is 0 Å². The first-order valence-corrected chi connectivity index (χ1v) is 5.50. The second kappa shape index (κ2) is 2.71. The topological polar surface area (TPSA) is 33.1 Å². The summed E-state index contributed by atoms with van der Waals surface area (Å²) in [6.07, 6.45) is 2.49. The Labute approximate surface area is 82.6 Å². The molecular weight excluding hydrogens is 182 g/mol. The molecule has 13 heavy (non-hydrogen) atoms. The third-order valence-electron chi connectivity index (χ3n) is 2.26. The molecule has 0 spiro atoms. The van der Waals surface area contributed by atoms with E-state index in [1.807, 2.05) is 0 Å². The summed E-state index contributed by atoms with van der Waals surface area (Å²) in [6.45, 7) is 6.25. The minimum Gasteiger partial charge on any atom is -0.498 e. The molecule has 2 rings (SSSR count). The van der Waals surface area contributed by atoms with Gasteiger partial charge in [0, 0.05) is 11.3 Å². The molecule has 0 amide bonds. The Hall–Kier alpha value is -0.570. The summed E-state index contributed by atoms with van der Waals surface area (Å²) in [7, 11) is 0. The lowest BCUT2D eigenvalue weighted by Gasteiger charge is -2.14. The molecule has 1 fully saturated rings. The number of hydrogen-bond donors (Lipinski definition) is 1. The van der Waals surface area contributed by atoms with E-state index in [9.17, 15) is 5.11 Å². The van der Waals surface area contributed by atoms with Gasteiger partial charge in [-0.2, -0.15) is 0 Å². The molecule has 2 nitrogen and oxygen atoms in total. The summed E-state index contributed by atoms with van der Waals surface area (Å²) >= 11 is 1.46. The summed E-state index contributed by atoms with van der Waals surface area (Å²) in [5.41, 5.74) is 0.827. The lowest BCUT2D eigenvalue weighted by Crippen LogP contribution is -2.11. The third kappa shape index (κ3) is 1.70. The molecule has 1 aliphatic rings. The first-order valence-electron chi connectivity index (χ1n) is 4.68. The standard InChI is InChI=1S/C10H15NOS/c1-10(2,3)7-9(12)13-8(11-7)6-4-5-6/h6,12H,4-5H2,1-3H3. The van der Waals surface area contributed by atoms with E-state index in [0.29, 0.717) is 11.0 Å². The van der Waals surface area contributed by atoms with Crippen molar-refractivity contribution in [3.63, 3.8) is 0 Å².